The molecule has 3 aromatic rings. The predicted octanol–water partition coefficient (Wildman–Crippen LogP) is 3.61. The predicted molar refractivity (Wildman–Crippen MR) is 137 cm³/mol. The van der Waals surface area contributed by atoms with Crippen LogP contribution in [0.15, 0.2) is 30.6 Å². The Labute approximate surface area is 221 Å². The number of nitrogens with zero attached hydrogens (tertiary/aromatic N) is 6. The molecule has 0 amide bonds. The lowest BCUT2D eigenvalue weighted by atomic mass is 10.0. The second-order valence-electron chi connectivity index (χ2n) is 8.95. The SMILES string of the molecule is COc1cccc(-c2nnc(CS(=O)(=O)[C@@H](C)[C@H](OC)c3ncc(Cl)cn3)n2[C@H](C)[C@@H]2CCCCO2)n1. The number of sulfone groups is 1. The van der Waals surface area contributed by atoms with Gasteiger partial charge in [0.05, 0.1) is 29.5 Å². The third-order valence-electron chi connectivity index (χ3n) is 6.56. The van der Waals surface area contributed by atoms with Crippen LogP contribution < -0.4 is 4.74 Å². The zero-order valence-corrected chi connectivity index (χ0v) is 22.8. The zero-order valence-electron chi connectivity index (χ0n) is 21.2. The Bertz CT molecular complexity index is 1300. The first-order chi connectivity index (χ1) is 17.7. The van der Waals surface area contributed by atoms with Crippen LogP contribution in [-0.4, -0.2) is 70.3 Å². The molecule has 0 radical (unpaired) electrons. The molecule has 4 rings (SSSR count). The molecule has 0 unspecified atom stereocenters. The molecule has 0 spiro atoms. The van der Waals surface area contributed by atoms with E-state index in [4.69, 9.17) is 25.8 Å². The van der Waals surface area contributed by atoms with Gasteiger partial charge in [0.25, 0.3) is 0 Å². The summed E-state index contributed by atoms with van der Waals surface area (Å²) in [7, 11) is -0.843. The van der Waals surface area contributed by atoms with Crippen LogP contribution >= 0.6 is 11.6 Å². The first-order valence-corrected chi connectivity index (χ1v) is 14.1. The van der Waals surface area contributed by atoms with E-state index < -0.39 is 21.2 Å². The number of rotatable bonds is 10. The molecule has 1 aliphatic rings. The van der Waals surface area contributed by atoms with Gasteiger partial charge >= 0.3 is 0 Å². The summed E-state index contributed by atoms with van der Waals surface area (Å²) in [6.07, 6.45) is 4.70. The van der Waals surface area contributed by atoms with Gasteiger partial charge in [0.2, 0.25) is 5.88 Å². The van der Waals surface area contributed by atoms with Crippen molar-refractivity contribution >= 4 is 21.4 Å². The Morgan fingerprint density at radius 2 is 1.92 bits per heavy atom. The molecule has 200 valence electrons. The van der Waals surface area contributed by atoms with Crippen LogP contribution in [0, 0.1) is 0 Å². The molecule has 3 aromatic heterocycles. The lowest BCUT2D eigenvalue weighted by molar-refractivity contribution is -0.0125. The number of ether oxygens (including phenoxy) is 3. The van der Waals surface area contributed by atoms with Gasteiger partial charge in [-0.2, -0.15) is 0 Å². The number of hydrogen-bond acceptors (Lipinski definition) is 10. The van der Waals surface area contributed by atoms with Crippen molar-refractivity contribution in [3.8, 4) is 17.4 Å². The van der Waals surface area contributed by atoms with Crippen molar-refractivity contribution in [2.24, 2.45) is 0 Å². The van der Waals surface area contributed by atoms with Crippen molar-refractivity contribution in [3.63, 3.8) is 0 Å². The summed E-state index contributed by atoms with van der Waals surface area (Å²) in [5.41, 5.74) is 0.524. The molecule has 4 heterocycles. The maximum absolute atomic E-state index is 13.6. The Morgan fingerprint density at radius 1 is 1.16 bits per heavy atom. The van der Waals surface area contributed by atoms with Crippen molar-refractivity contribution in [2.45, 2.75) is 62.4 Å². The molecule has 13 heteroatoms. The highest BCUT2D eigenvalue weighted by molar-refractivity contribution is 7.91. The van der Waals surface area contributed by atoms with Gasteiger partial charge in [-0.1, -0.05) is 17.7 Å². The molecule has 0 bridgehead atoms. The van der Waals surface area contributed by atoms with Crippen LogP contribution in [0.1, 0.15) is 56.9 Å². The highest BCUT2D eigenvalue weighted by atomic mass is 35.5. The van der Waals surface area contributed by atoms with E-state index in [1.807, 2.05) is 11.5 Å². The van der Waals surface area contributed by atoms with E-state index in [0.717, 1.165) is 19.3 Å². The Morgan fingerprint density at radius 3 is 2.57 bits per heavy atom. The Balaban J connectivity index is 1.70. The average Bonchev–Trinajstić information content (AvgIpc) is 3.32. The van der Waals surface area contributed by atoms with Gasteiger partial charge in [-0.05, 0) is 39.2 Å². The third kappa shape index (κ3) is 6.08. The minimum absolute atomic E-state index is 0.109. The summed E-state index contributed by atoms with van der Waals surface area (Å²) in [5.74, 6) is 1.02. The lowest BCUT2D eigenvalue weighted by Gasteiger charge is -2.30. The number of halogens is 1. The van der Waals surface area contributed by atoms with E-state index in [1.54, 1.807) is 25.1 Å². The van der Waals surface area contributed by atoms with Crippen molar-refractivity contribution in [1.29, 1.82) is 0 Å². The fraction of sp³-hybridized carbons (Fsp3) is 0.542. The van der Waals surface area contributed by atoms with E-state index in [2.05, 4.69) is 25.1 Å². The number of pyridine rings is 1. The van der Waals surface area contributed by atoms with E-state index in [9.17, 15) is 8.42 Å². The summed E-state index contributed by atoms with van der Waals surface area (Å²) < 4.78 is 45.9. The Kier molecular flexibility index (Phi) is 8.73. The second kappa shape index (κ2) is 11.8. The topological polar surface area (TPSA) is 131 Å². The van der Waals surface area contributed by atoms with E-state index in [0.29, 0.717) is 34.9 Å². The van der Waals surface area contributed by atoms with Crippen LogP contribution in [0.2, 0.25) is 5.02 Å². The first kappa shape index (κ1) is 27.4. The lowest BCUT2D eigenvalue weighted by Crippen LogP contribution is -2.32. The molecular formula is C24H31ClN6O5S. The average molecular weight is 551 g/mol. The molecule has 0 saturated carbocycles. The zero-order chi connectivity index (χ0) is 26.6. The van der Waals surface area contributed by atoms with Gasteiger partial charge in [0.15, 0.2) is 21.5 Å². The van der Waals surface area contributed by atoms with E-state index >= 15 is 0 Å². The largest absolute Gasteiger partial charge is 0.481 e. The number of aromatic nitrogens is 6. The maximum atomic E-state index is 13.6. The molecular weight excluding hydrogens is 520 g/mol. The van der Waals surface area contributed by atoms with Crippen molar-refractivity contribution in [3.05, 3.63) is 47.3 Å². The van der Waals surface area contributed by atoms with Gasteiger partial charge < -0.3 is 18.8 Å². The molecule has 0 N–H and O–H groups in total. The summed E-state index contributed by atoms with van der Waals surface area (Å²) in [6, 6.07) is 5.10. The summed E-state index contributed by atoms with van der Waals surface area (Å²) >= 11 is 5.89. The highest BCUT2D eigenvalue weighted by Crippen LogP contribution is 2.32. The molecule has 0 aliphatic carbocycles. The van der Waals surface area contributed by atoms with Crippen LogP contribution in [0.25, 0.3) is 11.5 Å². The van der Waals surface area contributed by atoms with Crippen LogP contribution in [0.4, 0.5) is 0 Å². The van der Waals surface area contributed by atoms with Gasteiger partial charge in [-0.15, -0.1) is 10.2 Å². The van der Waals surface area contributed by atoms with E-state index in [1.165, 1.54) is 26.6 Å². The Hall–Kier alpha value is -2.67. The van der Waals surface area contributed by atoms with Gasteiger partial charge in [-0.3, -0.25) is 0 Å². The normalized spacial score (nSPS) is 18.8. The van der Waals surface area contributed by atoms with Crippen molar-refractivity contribution in [1.82, 2.24) is 29.7 Å². The molecule has 1 fully saturated rings. The second-order valence-corrected chi connectivity index (χ2v) is 11.7. The van der Waals surface area contributed by atoms with E-state index in [-0.39, 0.29) is 23.7 Å². The standard InChI is InChI=1S/C24H31ClN6O5S/c1-15(19-9-5-6-11-36-19)31-20(29-30-24(31)18-8-7-10-21(28-18)34-3)14-37(32,33)16(2)22(35-4)23-26-12-17(25)13-27-23/h7-8,10,12-13,15-16,19,22H,5-6,9,11,14H2,1-4H3/t15-,16+,19+,22+/m1/s1. The fourth-order valence-corrected chi connectivity index (χ4v) is 5.99. The monoisotopic (exact) mass is 550 g/mol. The fourth-order valence-electron chi connectivity index (χ4n) is 4.47. The number of methoxy groups -OCH3 is 2. The van der Waals surface area contributed by atoms with Crippen molar-refractivity contribution < 1.29 is 22.6 Å². The van der Waals surface area contributed by atoms with Crippen LogP contribution in [0.5, 0.6) is 5.88 Å². The van der Waals surface area contributed by atoms with Gasteiger partial charge in [0.1, 0.15) is 23.4 Å². The van der Waals surface area contributed by atoms with Gasteiger partial charge in [-0.25, -0.2) is 23.4 Å². The summed E-state index contributed by atoms with van der Waals surface area (Å²) in [4.78, 5) is 12.8. The summed E-state index contributed by atoms with van der Waals surface area (Å²) in [6.45, 7) is 4.22. The van der Waals surface area contributed by atoms with Gasteiger partial charge in [0, 0.05) is 32.2 Å². The minimum atomic E-state index is -3.80. The number of hydrogen-bond donors (Lipinski definition) is 0. The van der Waals surface area contributed by atoms with Crippen LogP contribution in [0.3, 0.4) is 0 Å². The first-order valence-electron chi connectivity index (χ1n) is 12.0. The van der Waals surface area contributed by atoms with Crippen LogP contribution in [-0.2, 0) is 25.1 Å². The third-order valence-corrected chi connectivity index (χ3v) is 8.80. The molecule has 11 nitrogen and oxygen atoms in total. The highest BCUT2D eigenvalue weighted by Gasteiger charge is 2.36. The molecule has 1 saturated heterocycles. The molecule has 37 heavy (non-hydrogen) atoms. The summed E-state index contributed by atoms with van der Waals surface area (Å²) in [5, 5.41) is 8.05. The smallest absolute Gasteiger partial charge is 0.213 e. The minimum Gasteiger partial charge on any atom is -0.481 e. The molecule has 4 atom stereocenters. The molecule has 0 aromatic carbocycles. The quantitative estimate of drug-likeness (QED) is 0.368. The molecule has 1 aliphatic heterocycles. The van der Waals surface area contributed by atoms with Crippen molar-refractivity contribution in [2.75, 3.05) is 20.8 Å². The maximum Gasteiger partial charge on any atom is 0.213 e.